The molecule has 3 rings (SSSR count). The number of rotatable bonds is 8. The van der Waals surface area contributed by atoms with Crippen molar-refractivity contribution < 1.29 is 17.5 Å². The number of hydrogen-bond acceptors (Lipinski definition) is 3. The van der Waals surface area contributed by atoms with Gasteiger partial charge in [-0.25, -0.2) is 8.42 Å². The maximum Gasteiger partial charge on any atom is 0.124 e. The molecule has 3 aromatic rings. The molecule has 0 bridgehead atoms. The second-order valence-electron chi connectivity index (χ2n) is 9.49. The number of allylic oxidation sites excluding steroid dienone is 4. The molecule has 0 fully saturated rings. The molecule has 0 aliphatic rings. The Morgan fingerprint density at radius 1 is 0.750 bits per heavy atom. The Kier molecular flexibility index (Phi) is 11.1. The Labute approximate surface area is 217 Å². The molecule has 4 nitrogen and oxygen atoms in total. The van der Waals surface area contributed by atoms with Crippen molar-refractivity contribution in [1.82, 2.24) is 0 Å². The van der Waals surface area contributed by atoms with Gasteiger partial charge in [0.15, 0.2) is 0 Å². The average molecular weight is 504 g/mol. The van der Waals surface area contributed by atoms with Gasteiger partial charge in [0, 0.05) is 12.0 Å². The van der Waals surface area contributed by atoms with Crippen LogP contribution in [0.1, 0.15) is 41.6 Å². The van der Waals surface area contributed by atoms with Crippen molar-refractivity contribution in [1.29, 1.82) is 0 Å². The summed E-state index contributed by atoms with van der Waals surface area (Å²) in [6.45, 7) is 4.08. The van der Waals surface area contributed by atoms with Gasteiger partial charge in [-0.05, 0) is 30.2 Å². The molecular formula is C31H37NO3S. The first-order valence-corrected chi connectivity index (χ1v) is 13.4. The Morgan fingerprint density at radius 3 is 1.69 bits per heavy atom. The Morgan fingerprint density at radius 2 is 1.25 bits per heavy atom. The van der Waals surface area contributed by atoms with Crippen molar-refractivity contribution in [3.8, 4) is 0 Å². The van der Waals surface area contributed by atoms with Crippen molar-refractivity contribution in [3.63, 3.8) is 0 Å². The van der Waals surface area contributed by atoms with E-state index in [1.165, 1.54) is 28.8 Å². The smallest absolute Gasteiger partial charge is 0.124 e. The third-order valence-corrected chi connectivity index (χ3v) is 6.51. The molecule has 5 heteroatoms. The quantitative estimate of drug-likeness (QED) is 0.188. The number of hydrogen-bond donors (Lipinski definition) is 0. The fourth-order valence-electron chi connectivity index (χ4n) is 3.79. The number of nitrogens with zero attached hydrogens (tertiary/aromatic N) is 1. The summed E-state index contributed by atoms with van der Waals surface area (Å²) in [7, 11) is 2.51. The minimum atomic E-state index is -4.27. The maximum atomic E-state index is 10.4. The van der Waals surface area contributed by atoms with Crippen LogP contribution in [0.25, 0.3) is 12.2 Å². The molecule has 1 atom stereocenters. The topological polar surface area (TPSA) is 57.2 Å². The number of quaternary nitrogens is 1. The monoisotopic (exact) mass is 503 g/mol. The molecule has 0 saturated carbocycles. The normalized spacial score (nSPS) is 13.2. The second-order valence-corrected chi connectivity index (χ2v) is 10.9. The van der Waals surface area contributed by atoms with E-state index in [1.807, 2.05) is 13.0 Å². The minimum absolute atomic E-state index is 0.178. The SMILES string of the molecule is CCC(c1ccc(/C=C/C=C/C=C/c2ccccc2)cc1)[N+](C)(C)C.Cc1ccc(S(=O)(=O)[O-])cc1. The molecule has 0 heterocycles. The maximum absolute atomic E-state index is 10.4. The zero-order chi connectivity index (χ0) is 26.6. The largest absolute Gasteiger partial charge is 0.744 e. The Bertz CT molecular complexity index is 1250. The molecule has 0 aliphatic heterocycles. The van der Waals surface area contributed by atoms with Crippen molar-refractivity contribution in [2.75, 3.05) is 21.1 Å². The molecule has 0 amide bonds. The zero-order valence-electron chi connectivity index (χ0n) is 21.8. The first-order valence-electron chi connectivity index (χ1n) is 12.0. The fraction of sp³-hybridized carbons (Fsp3) is 0.226. The van der Waals surface area contributed by atoms with E-state index in [4.69, 9.17) is 0 Å². The lowest BCUT2D eigenvalue weighted by Gasteiger charge is -2.34. The van der Waals surface area contributed by atoms with E-state index in [0.29, 0.717) is 6.04 Å². The van der Waals surface area contributed by atoms with Gasteiger partial charge in [0.2, 0.25) is 0 Å². The van der Waals surface area contributed by atoms with Crippen LogP contribution < -0.4 is 0 Å². The van der Waals surface area contributed by atoms with Gasteiger partial charge in [0.1, 0.15) is 16.2 Å². The summed E-state index contributed by atoms with van der Waals surface area (Å²) in [6.07, 6.45) is 13.7. The highest BCUT2D eigenvalue weighted by Gasteiger charge is 2.23. The molecule has 0 aliphatic carbocycles. The molecule has 0 saturated heterocycles. The lowest BCUT2D eigenvalue weighted by atomic mass is 10.0. The van der Waals surface area contributed by atoms with Crippen LogP contribution in [0.2, 0.25) is 0 Å². The fourth-order valence-corrected chi connectivity index (χ4v) is 4.26. The van der Waals surface area contributed by atoms with E-state index < -0.39 is 10.1 Å². The molecule has 36 heavy (non-hydrogen) atoms. The summed E-state index contributed by atoms with van der Waals surface area (Å²) < 4.78 is 32.1. The van der Waals surface area contributed by atoms with E-state index in [0.717, 1.165) is 16.5 Å². The van der Waals surface area contributed by atoms with Crippen LogP contribution in [-0.4, -0.2) is 38.6 Å². The van der Waals surface area contributed by atoms with E-state index in [2.05, 4.69) is 113 Å². The summed E-state index contributed by atoms with van der Waals surface area (Å²) in [5.74, 6) is 0. The number of benzene rings is 3. The van der Waals surface area contributed by atoms with Gasteiger partial charge < -0.3 is 9.04 Å². The van der Waals surface area contributed by atoms with Crippen LogP contribution >= 0.6 is 0 Å². The van der Waals surface area contributed by atoms with Gasteiger partial charge >= 0.3 is 0 Å². The van der Waals surface area contributed by atoms with Gasteiger partial charge in [-0.15, -0.1) is 0 Å². The zero-order valence-corrected chi connectivity index (χ0v) is 22.7. The van der Waals surface area contributed by atoms with Crippen LogP contribution in [0.3, 0.4) is 0 Å². The molecular weight excluding hydrogens is 466 g/mol. The molecule has 0 aromatic heterocycles. The van der Waals surface area contributed by atoms with Gasteiger partial charge in [-0.3, -0.25) is 0 Å². The van der Waals surface area contributed by atoms with Crippen molar-refractivity contribution in [2.24, 2.45) is 0 Å². The van der Waals surface area contributed by atoms with Crippen LogP contribution in [-0.2, 0) is 10.1 Å². The minimum Gasteiger partial charge on any atom is -0.744 e. The standard InChI is InChI=1S/C24H30N.C7H8O3S/c1-5-24(25(2,3)4)23-19-17-22(18-20-23)16-10-7-6-9-13-21-14-11-8-12-15-21;1-6-2-4-7(5-3-6)11(8,9)10/h6-20,24H,5H2,1-4H3;2-5H,1H3,(H,8,9,10)/q+1;/p-1/b7-6+,13-9+,16-10+;. The van der Waals surface area contributed by atoms with Gasteiger partial charge in [-0.1, -0.05) is 116 Å². The van der Waals surface area contributed by atoms with E-state index >= 15 is 0 Å². The lowest BCUT2D eigenvalue weighted by molar-refractivity contribution is -0.902. The predicted molar refractivity (Wildman–Crippen MR) is 150 cm³/mol. The summed E-state index contributed by atoms with van der Waals surface area (Å²) >= 11 is 0. The van der Waals surface area contributed by atoms with Crippen LogP contribution in [0, 0.1) is 6.92 Å². The van der Waals surface area contributed by atoms with E-state index in [-0.39, 0.29) is 4.90 Å². The molecule has 0 radical (unpaired) electrons. The third-order valence-electron chi connectivity index (χ3n) is 5.66. The molecule has 0 spiro atoms. The van der Waals surface area contributed by atoms with Gasteiger partial charge in [0.05, 0.1) is 26.0 Å². The van der Waals surface area contributed by atoms with Crippen molar-refractivity contribution in [3.05, 3.63) is 125 Å². The second kappa shape index (κ2) is 13.7. The molecule has 3 aromatic carbocycles. The first kappa shape index (κ1) is 29.0. The van der Waals surface area contributed by atoms with Crippen molar-refractivity contribution >= 4 is 22.3 Å². The highest BCUT2D eigenvalue weighted by molar-refractivity contribution is 7.85. The average Bonchev–Trinajstić information content (AvgIpc) is 2.82. The molecule has 0 N–H and O–H groups in total. The highest BCUT2D eigenvalue weighted by atomic mass is 32.2. The van der Waals surface area contributed by atoms with Crippen LogP contribution in [0.4, 0.5) is 0 Å². The summed E-state index contributed by atoms with van der Waals surface area (Å²) in [5, 5.41) is 0. The Hall–Kier alpha value is -3.25. The summed E-state index contributed by atoms with van der Waals surface area (Å²) in [5.41, 5.74) is 4.79. The van der Waals surface area contributed by atoms with Crippen molar-refractivity contribution in [2.45, 2.75) is 31.2 Å². The summed E-state index contributed by atoms with van der Waals surface area (Å²) in [6, 6.07) is 25.6. The number of aryl methyl sites for hydroxylation is 1. The highest BCUT2D eigenvalue weighted by Crippen LogP contribution is 2.26. The molecule has 190 valence electrons. The first-order chi connectivity index (χ1) is 17.0. The van der Waals surface area contributed by atoms with Gasteiger partial charge in [0.25, 0.3) is 0 Å². The van der Waals surface area contributed by atoms with E-state index in [9.17, 15) is 13.0 Å². The third kappa shape index (κ3) is 10.2. The summed E-state index contributed by atoms with van der Waals surface area (Å²) in [4.78, 5) is -0.178. The van der Waals surface area contributed by atoms with Crippen LogP contribution in [0.5, 0.6) is 0 Å². The van der Waals surface area contributed by atoms with Gasteiger partial charge in [-0.2, -0.15) is 0 Å². The Balaban J connectivity index is 0.000000346. The predicted octanol–water partition coefficient (Wildman–Crippen LogP) is 7.03. The molecule has 1 unspecified atom stereocenters. The van der Waals surface area contributed by atoms with E-state index in [1.54, 1.807) is 12.1 Å². The van der Waals surface area contributed by atoms with Crippen LogP contribution in [0.15, 0.2) is 108 Å². The lowest BCUT2D eigenvalue weighted by Crippen LogP contribution is -2.38.